The highest BCUT2D eigenvalue weighted by Crippen LogP contribution is 2.22. The van der Waals surface area contributed by atoms with Crippen LogP contribution in [0.25, 0.3) is 0 Å². The second kappa shape index (κ2) is 6.83. The van der Waals surface area contributed by atoms with E-state index >= 15 is 0 Å². The Labute approximate surface area is 123 Å². The minimum absolute atomic E-state index is 0.346. The van der Waals surface area contributed by atoms with E-state index < -0.39 is 0 Å². The van der Waals surface area contributed by atoms with E-state index in [0.29, 0.717) is 23.8 Å². The van der Waals surface area contributed by atoms with Gasteiger partial charge in [0.05, 0.1) is 18.7 Å². The highest BCUT2D eigenvalue weighted by molar-refractivity contribution is 6.17. The van der Waals surface area contributed by atoms with Crippen molar-refractivity contribution in [2.24, 2.45) is 0 Å². The molecule has 3 nitrogen and oxygen atoms in total. The smallest absolute Gasteiger partial charge is 0.125 e. The molecule has 0 bridgehead atoms. The third-order valence-corrected chi connectivity index (χ3v) is 3.19. The summed E-state index contributed by atoms with van der Waals surface area (Å²) in [7, 11) is 1.60. The Morgan fingerprint density at radius 1 is 1.15 bits per heavy atom. The van der Waals surface area contributed by atoms with Crippen LogP contribution in [0.2, 0.25) is 0 Å². The van der Waals surface area contributed by atoms with Gasteiger partial charge in [0.15, 0.2) is 0 Å². The van der Waals surface area contributed by atoms with Crippen LogP contribution in [-0.4, -0.2) is 7.11 Å². The first-order valence-corrected chi connectivity index (χ1v) is 6.65. The van der Waals surface area contributed by atoms with Crippen molar-refractivity contribution in [3.8, 4) is 17.6 Å². The number of hydrogen-bond donors (Lipinski definition) is 0. The molecule has 0 N–H and O–H groups in total. The molecule has 0 aliphatic rings. The summed E-state index contributed by atoms with van der Waals surface area (Å²) in [6.45, 7) is 0.346. The highest BCUT2D eigenvalue weighted by atomic mass is 35.5. The summed E-state index contributed by atoms with van der Waals surface area (Å²) >= 11 is 5.74. The van der Waals surface area contributed by atoms with Gasteiger partial charge >= 0.3 is 0 Å². The molecule has 0 fully saturated rings. The number of nitriles is 1. The Morgan fingerprint density at radius 3 is 2.50 bits per heavy atom. The second-order valence-electron chi connectivity index (χ2n) is 4.20. The van der Waals surface area contributed by atoms with Crippen LogP contribution in [0.1, 0.15) is 16.7 Å². The Hall–Kier alpha value is -2.18. The number of hydrogen-bond acceptors (Lipinski definition) is 3. The first-order chi connectivity index (χ1) is 9.76. The molecule has 0 saturated carbocycles. The predicted octanol–water partition coefficient (Wildman–Crippen LogP) is 3.88. The van der Waals surface area contributed by atoms with Gasteiger partial charge in [-0.3, -0.25) is 0 Å². The molecule has 0 saturated heterocycles. The molecule has 4 heteroatoms. The molecular weight excluding hydrogens is 274 g/mol. The third kappa shape index (κ3) is 3.43. The summed E-state index contributed by atoms with van der Waals surface area (Å²) in [5, 5.41) is 8.92. The molecule has 20 heavy (non-hydrogen) atoms. The maximum atomic E-state index is 8.92. The van der Waals surface area contributed by atoms with Crippen LogP contribution >= 0.6 is 11.6 Å². The van der Waals surface area contributed by atoms with E-state index in [9.17, 15) is 0 Å². The van der Waals surface area contributed by atoms with Crippen molar-refractivity contribution < 1.29 is 9.47 Å². The molecule has 0 heterocycles. The summed E-state index contributed by atoms with van der Waals surface area (Å²) in [6, 6.07) is 15.0. The molecule has 0 aromatic heterocycles. The van der Waals surface area contributed by atoms with Crippen LogP contribution in [0, 0.1) is 11.3 Å². The van der Waals surface area contributed by atoms with Crippen LogP contribution in [0.5, 0.6) is 11.5 Å². The average molecular weight is 288 g/mol. The fourth-order valence-electron chi connectivity index (χ4n) is 1.80. The number of benzene rings is 2. The van der Waals surface area contributed by atoms with E-state index in [1.165, 1.54) is 0 Å². The van der Waals surface area contributed by atoms with E-state index in [1.54, 1.807) is 25.3 Å². The Bertz CT molecular complexity index is 617. The molecule has 2 rings (SSSR count). The summed E-state index contributed by atoms with van der Waals surface area (Å²) in [6.07, 6.45) is 0. The van der Waals surface area contributed by atoms with Gasteiger partial charge in [-0.2, -0.15) is 5.26 Å². The Kier molecular flexibility index (Phi) is 4.86. The zero-order valence-electron chi connectivity index (χ0n) is 11.1. The SMILES string of the molecule is COc1ccc(C#N)cc1COc1ccc(CCl)cc1. The van der Waals surface area contributed by atoms with Crippen molar-refractivity contribution in [1.29, 1.82) is 5.26 Å². The normalized spacial score (nSPS) is 9.85. The standard InChI is InChI=1S/C16H14ClNO2/c1-19-16-7-4-13(10-18)8-14(16)11-20-15-5-2-12(9-17)3-6-15/h2-8H,9,11H2,1H3. The second-order valence-corrected chi connectivity index (χ2v) is 4.47. The maximum absolute atomic E-state index is 8.92. The number of methoxy groups -OCH3 is 1. The van der Waals surface area contributed by atoms with Crippen molar-refractivity contribution in [1.82, 2.24) is 0 Å². The molecule has 0 aliphatic carbocycles. The largest absolute Gasteiger partial charge is 0.496 e. The minimum atomic E-state index is 0.346. The Balaban J connectivity index is 2.11. The van der Waals surface area contributed by atoms with Crippen LogP contribution in [0.15, 0.2) is 42.5 Å². The molecule has 0 radical (unpaired) electrons. The van der Waals surface area contributed by atoms with Gasteiger partial charge < -0.3 is 9.47 Å². The van der Waals surface area contributed by atoms with Crippen LogP contribution in [0.3, 0.4) is 0 Å². The maximum Gasteiger partial charge on any atom is 0.125 e. The molecular formula is C16H14ClNO2. The third-order valence-electron chi connectivity index (χ3n) is 2.88. The highest BCUT2D eigenvalue weighted by Gasteiger charge is 2.05. The first-order valence-electron chi connectivity index (χ1n) is 6.11. The molecule has 2 aromatic carbocycles. The number of rotatable bonds is 5. The first kappa shape index (κ1) is 14.2. The monoisotopic (exact) mass is 287 g/mol. The van der Waals surface area contributed by atoms with Crippen molar-refractivity contribution in [3.05, 3.63) is 59.2 Å². The van der Waals surface area contributed by atoms with E-state index in [0.717, 1.165) is 16.9 Å². The number of halogens is 1. The van der Waals surface area contributed by atoms with Crippen molar-refractivity contribution in [3.63, 3.8) is 0 Å². The minimum Gasteiger partial charge on any atom is -0.496 e. The average Bonchev–Trinajstić information content (AvgIpc) is 2.53. The topological polar surface area (TPSA) is 42.2 Å². The lowest BCUT2D eigenvalue weighted by Gasteiger charge is -2.11. The molecule has 0 aliphatic heterocycles. The van der Waals surface area contributed by atoms with Crippen molar-refractivity contribution >= 4 is 11.6 Å². The van der Waals surface area contributed by atoms with Gasteiger partial charge in [-0.15, -0.1) is 11.6 Å². The zero-order chi connectivity index (χ0) is 14.4. The number of alkyl halides is 1. The number of nitrogens with zero attached hydrogens (tertiary/aromatic N) is 1. The van der Waals surface area contributed by atoms with Gasteiger partial charge in [-0.25, -0.2) is 0 Å². The molecule has 0 spiro atoms. The fourth-order valence-corrected chi connectivity index (χ4v) is 1.97. The summed E-state index contributed by atoms with van der Waals surface area (Å²) < 4.78 is 11.0. The lowest BCUT2D eigenvalue weighted by atomic mass is 10.1. The van der Waals surface area contributed by atoms with Gasteiger partial charge in [0.2, 0.25) is 0 Å². The zero-order valence-corrected chi connectivity index (χ0v) is 11.9. The van der Waals surface area contributed by atoms with E-state index in [1.807, 2.05) is 24.3 Å². The fraction of sp³-hybridized carbons (Fsp3) is 0.188. The molecule has 0 atom stereocenters. The van der Waals surface area contributed by atoms with Crippen LogP contribution in [-0.2, 0) is 12.5 Å². The van der Waals surface area contributed by atoms with Crippen molar-refractivity contribution in [2.75, 3.05) is 7.11 Å². The molecule has 0 unspecified atom stereocenters. The van der Waals surface area contributed by atoms with Crippen LogP contribution in [0.4, 0.5) is 0 Å². The lowest BCUT2D eigenvalue weighted by Crippen LogP contribution is -1.99. The molecule has 102 valence electrons. The van der Waals surface area contributed by atoms with Gasteiger partial charge in [0.1, 0.15) is 18.1 Å². The van der Waals surface area contributed by atoms with E-state index in [4.69, 9.17) is 26.3 Å². The van der Waals surface area contributed by atoms with E-state index in [2.05, 4.69) is 6.07 Å². The van der Waals surface area contributed by atoms with Gasteiger partial charge in [-0.05, 0) is 35.9 Å². The van der Waals surface area contributed by atoms with Crippen LogP contribution < -0.4 is 9.47 Å². The van der Waals surface area contributed by atoms with Gasteiger partial charge in [0.25, 0.3) is 0 Å². The molecule has 0 amide bonds. The predicted molar refractivity (Wildman–Crippen MR) is 78.0 cm³/mol. The quantitative estimate of drug-likeness (QED) is 0.784. The summed E-state index contributed by atoms with van der Waals surface area (Å²) in [4.78, 5) is 0. The van der Waals surface area contributed by atoms with Crippen molar-refractivity contribution in [2.45, 2.75) is 12.5 Å². The summed E-state index contributed by atoms with van der Waals surface area (Å²) in [5.41, 5.74) is 2.47. The van der Waals surface area contributed by atoms with Gasteiger partial charge in [-0.1, -0.05) is 12.1 Å². The number of ether oxygens (including phenoxy) is 2. The summed E-state index contributed by atoms with van der Waals surface area (Å²) in [5.74, 6) is 1.95. The van der Waals surface area contributed by atoms with E-state index in [-0.39, 0.29) is 0 Å². The Morgan fingerprint density at radius 2 is 1.90 bits per heavy atom. The van der Waals surface area contributed by atoms with Gasteiger partial charge in [0, 0.05) is 11.4 Å². The molecule has 2 aromatic rings. The lowest BCUT2D eigenvalue weighted by molar-refractivity contribution is 0.296.